The molecule has 0 saturated carbocycles. The third-order valence-electron chi connectivity index (χ3n) is 6.16. The highest BCUT2D eigenvalue weighted by Gasteiger charge is 2.28. The van der Waals surface area contributed by atoms with Crippen LogP contribution in [0.4, 0.5) is 0 Å². The van der Waals surface area contributed by atoms with Gasteiger partial charge in [0.2, 0.25) is 0 Å². The Morgan fingerprint density at radius 1 is 1.15 bits per heavy atom. The summed E-state index contributed by atoms with van der Waals surface area (Å²) in [5.41, 5.74) is 2.58. The van der Waals surface area contributed by atoms with Crippen LogP contribution in [0.5, 0.6) is 0 Å². The van der Waals surface area contributed by atoms with E-state index in [4.69, 9.17) is 28.2 Å². The molecule has 1 amide bonds. The normalized spacial score (nSPS) is 16.2. The number of carbonyl (C=O) groups excluding carboxylic acids is 1. The second-order valence-electron chi connectivity index (χ2n) is 8.53. The lowest BCUT2D eigenvalue weighted by atomic mass is 9.96. The first-order chi connectivity index (χ1) is 16.4. The fourth-order valence-electron chi connectivity index (χ4n) is 4.28. The van der Waals surface area contributed by atoms with Crippen molar-refractivity contribution in [1.29, 1.82) is 0 Å². The average Bonchev–Trinajstić information content (AvgIpc) is 3.25. The van der Waals surface area contributed by atoms with Crippen molar-refractivity contribution in [2.24, 2.45) is 0 Å². The third kappa shape index (κ3) is 4.31. The van der Waals surface area contributed by atoms with Crippen molar-refractivity contribution in [3.8, 4) is 0 Å². The van der Waals surface area contributed by atoms with E-state index in [2.05, 4.69) is 15.3 Å². The molecule has 0 unspecified atom stereocenters. The van der Waals surface area contributed by atoms with Gasteiger partial charge in [-0.3, -0.25) is 9.59 Å². The molecular formula is C24H22Cl2N6O2. The number of hydrogen-bond acceptors (Lipinski definition) is 5. The number of rotatable bonds is 4. The molecule has 8 nitrogen and oxygen atoms in total. The zero-order valence-corrected chi connectivity index (χ0v) is 20.0. The number of amides is 1. The van der Waals surface area contributed by atoms with Crippen molar-refractivity contribution in [2.75, 3.05) is 13.1 Å². The lowest BCUT2D eigenvalue weighted by molar-refractivity contribution is 0.0704. The van der Waals surface area contributed by atoms with Gasteiger partial charge in [0.1, 0.15) is 5.82 Å². The van der Waals surface area contributed by atoms with Gasteiger partial charge in [-0.15, -0.1) is 5.10 Å². The fraction of sp³-hybridized carbons (Fsp3) is 0.292. The number of fused-ring (bicyclic) bond motifs is 1. The van der Waals surface area contributed by atoms with E-state index in [0.717, 1.165) is 18.4 Å². The standard InChI is InChI=1S/C24H22Cl2N6O2/c1-14-7-9-15(10-8-14)24(34)31-11-3-4-16(12-31)21-27-22-20(23(33)28-21)29-30-32(22)13-17-18(25)5-2-6-19(17)26/h2,5-10,16H,3-4,11-13H2,1H3,(H,27,28,33)/t16-/m0/s1. The Labute approximate surface area is 205 Å². The molecule has 2 aromatic heterocycles. The van der Waals surface area contributed by atoms with Gasteiger partial charge in [0.15, 0.2) is 11.2 Å². The van der Waals surface area contributed by atoms with Gasteiger partial charge in [0, 0.05) is 40.2 Å². The number of benzene rings is 2. The van der Waals surface area contributed by atoms with E-state index in [-0.39, 0.29) is 29.4 Å². The largest absolute Gasteiger partial charge is 0.338 e. The van der Waals surface area contributed by atoms with Crippen LogP contribution in [-0.4, -0.2) is 48.9 Å². The maximum Gasteiger partial charge on any atom is 0.281 e. The summed E-state index contributed by atoms with van der Waals surface area (Å²) in [5, 5.41) is 9.12. The van der Waals surface area contributed by atoms with E-state index in [1.807, 2.05) is 36.1 Å². The van der Waals surface area contributed by atoms with Gasteiger partial charge in [-0.2, -0.15) is 0 Å². The van der Waals surface area contributed by atoms with Crippen LogP contribution in [0.25, 0.3) is 11.2 Å². The number of likely N-dealkylation sites (tertiary alicyclic amines) is 1. The number of aryl methyl sites for hydroxylation is 1. The van der Waals surface area contributed by atoms with Crippen molar-refractivity contribution >= 4 is 40.3 Å². The second-order valence-corrected chi connectivity index (χ2v) is 9.34. The predicted molar refractivity (Wildman–Crippen MR) is 131 cm³/mol. The molecule has 34 heavy (non-hydrogen) atoms. The first kappa shape index (κ1) is 22.6. The molecule has 5 rings (SSSR count). The zero-order valence-electron chi connectivity index (χ0n) is 18.5. The maximum absolute atomic E-state index is 13.0. The highest BCUT2D eigenvalue weighted by Crippen LogP contribution is 2.27. The maximum atomic E-state index is 13.0. The van der Waals surface area contributed by atoms with Crippen molar-refractivity contribution < 1.29 is 4.79 Å². The van der Waals surface area contributed by atoms with E-state index >= 15 is 0 Å². The van der Waals surface area contributed by atoms with Gasteiger partial charge in [-0.05, 0) is 44.0 Å². The van der Waals surface area contributed by atoms with Crippen LogP contribution in [0.2, 0.25) is 10.0 Å². The molecule has 10 heteroatoms. The molecule has 1 saturated heterocycles. The second kappa shape index (κ2) is 9.19. The first-order valence-corrected chi connectivity index (χ1v) is 11.8. The Bertz CT molecular complexity index is 1410. The van der Waals surface area contributed by atoms with E-state index < -0.39 is 0 Å². The number of hydrogen-bond donors (Lipinski definition) is 1. The lowest BCUT2D eigenvalue weighted by Crippen LogP contribution is -2.40. The molecule has 174 valence electrons. The molecule has 0 aliphatic carbocycles. The Balaban J connectivity index is 1.44. The van der Waals surface area contributed by atoms with Crippen molar-refractivity contribution in [1.82, 2.24) is 29.9 Å². The minimum absolute atomic E-state index is 0.0202. The zero-order chi connectivity index (χ0) is 23.8. The van der Waals surface area contributed by atoms with E-state index in [1.165, 1.54) is 4.68 Å². The summed E-state index contributed by atoms with van der Waals surface area (Å²) in [6.07, 6.45) is 1.63. The molecule has 1 N–H and O–H groups in total. The number of piperidine rings is 1. The number of nitrogens with zero attached hydrogens (tertiary/aromatic N) is 5. The number of aromatic amines is 1. The smallest absolute Gasteiger partial charge is 0.281 e. The molecular weight excluding hydrogens is 475 g/mol. The topological polar surface area (TPSA) is 96.8 Å². The summed E-state index contributed by atoms with van der Waals surface area (Å²) in [7, 11) is 0. The molecule has 0 bridgehead atoms. The van der Waals surface area contributed by atoms with Crippen LogP contribution in [0.3, 0.4) is 0 Å². The van der Waals surface area contributed by atoms with Crippen LogP contribution in [0.1, 0.15) is 46.1 Å². The average molecular weight is 497 g/mol. The molecule has 0 radical (unpaired) electrons. The van der Waals surface area contributed by atoms with Crippen LogP contribution < -0.4 is 5.56 Å². The van der Waals surface area contributed by atoms with Crippen molar-refractivity contribution in [3.63, 3.8) is 0 Å². The van der Waals surface area contributed by atoms with E-state index in [0.29, 0.717) is 45.7 Å². The minimum Gasteiger partial charge on any atom is -0.338 e. The summed E-state index contributed by atoms with van der Waals surface area (Å²) in [5.74, 6) is 0.397. The highest BCUT2D eigenvalue weighted by molar-refractivity contribution is 6.36. The molecule has 2 aromatic carbocycles. The number of nitrogens with one attached hydrogen (secondary N) is 1. The highest BCUT2D eigenvalue weighted by atomic mass is 35.5. The number of H-pyrrole nitrogens is 1. The van der Waals surface area contributed by atoms with Gasteiger partial charge in [-0.25, -0.2) is 9.67 Å². The summed E-state index contributed by atoms with van der Waals surface area (Å²) in [6.45, 7) is 3.36. The van der Waals surface area contributed by atoms with Gasteiger partial charge in [-0.1, -0.05) is 52.2 Å². The van der Waals surface area contributed by atoms with Crippen LogP contribution in [0.15, 0.2) is 47.3 Å². The SMILES string of the molecule is Cc1ccc(C(=O)N2CCC[C@H](c3nc4c(nnn4Cc4c(Cl)cccc4Cl)c(=O)[nH]3)C2)cc1. The Morgan fingerprint density at radius 3 is 2.62 bits per heavy atom. The Kier molecular flexibility index (Phi) is 6.10. The summed E-state index contributed by atoms with van der Waals surface area (Å²) >= 11 is 12.6. The molecule has 4 aromatic rings. The molecule has 1 aliphatic heterocycles. The first-order valence-electron chi connectivity index (χ1n) is 11.0. The van der Waals surface area contributed by atoms with E-state index in [9.17, 15) is 9.59 Å². The lowest BCUT2D eigenvalue weighted by Gasteiger charge is -2.32. The van der Waals surface area contributed by atoms with Gasteiger partial charge < -0.3 is 9.88 Å². The number of carbonyl (C=O) groups is 1. The summed E-state index contributed by atoms with van der Waals surface area (Å²) in [4.78, 5) is 35.2. The molecule has 0 spiro atoms. The number of halogens is 2. The quantitative estimate of drug-likeness (QED) is 0.456. The van der Waals surface area contributed by atoms with Gasteiger partial charge >= 0.3 is 0 Å². The van der Waals surface area contributed by atoms with Crippen molar-refractivity contribution in [3.05, 3.63) is 85.4 Å². The Hall–Kier alpha value is -3.23. The van der Waals surface area contributed by atoms with Crippen LogP contribution in [0, 0.1) is 6.92 Å². The monoisotopic (exact) mass is 496 g/mol. The Morgan fingerprint density at radius 2 is 1.88 bits per heavy atom. The van der Waals surface area contributed by atoms with Gasteiger partial charge in [0.25, 0.3) is 11.5 Å². The molecule has 1 atom stereocenters. The number of aromatic nitrogens is 5. The molecule has 1 fully saturated rings. The van der Waals surface area contributed by atoms with Crippen LogP contribution in [-0.2, 0) is 6.54 Å². The summed E-state index contributed by atoms with van der Waals surface area (Å²) < 4.78 is 1.53. The third-order valence-corrected chi connectivity index (χ3v) is 6.86. The molecule has 1 aliphatic rings. The van der Waals surface area contributed by atoms with E-state index in [1.54, 1.807) is 18.2 Å². The fourth-order valence-corrected chi connectivity index (χ4v) is 4.80. The minimum atomic E-state index is -0.363. The van der Waals surface area contributed by atoms with Gasteiger partial charge in [0.05, 0.1) is 6.54 Å². The van der Waals surface area contributed by atoms with Crippen molar-refractivity contribution in [2.45, 2.75) is 32.2 Å². The molecule has 3 heterocycles. The van der Waals surface area contributed by atoms with Crippen LogP contribution >= 0.6 is 23.2 Å². The predicted octanol–water partition coefficient (Wildman–Crippen LogP) is 4.20. The summed E-state index contributed by atoms with van der Waals surface area (Å²) in [6, 6.07) is 12.8.